The summed E-state index contributed by atoms with van der Waals surface area (Å²) in [5.74, 6) is 0. The van der Waals surface area contributed by atoms with Crippen LogP contribution in [0.1, 0.15) is 51.2 Å². The van der Waals surface area contributed by atoms with E-state index in [1.165, 1.54) is 17.8 Å². The van der Waals surface area contributed by atoms with E-state index in [2.05, 4.69) is 43.4 Å². The Morgan fingerprint density at radius 2 is 2.00 bits per heavy atom. The van der Waals surface area contributed by atoms with Crippen LogP contribution in [0, 0.1) is 6.92 Å². The molecular weight excluding hydrogens is 204 g/mol. The van der Waals surface area contributed by atoms with Gasteiger partial charge in [-0.2, -0.15) is 0 Å². The Labute approximate surface area is 97.1 Å². The number of thiazole rings is 1. The summed E-state index contributed by atoms with van der Waals surface area (Å²) in [4.78, 5) is 4.56. The number of aromatic nitrogens is 1. The first-order valence-corrected chi connectivity index (χ1v) is 6.57. The number of nitrogens with one attached hydrogen (secondary N) is 1. The molecule has 0 bridgehead atoms. The molecule has 1 heterocycles. The van der Waals surface area contributed by atoms with E-state index in [1.54, 1.807) is 11.3 Å². The Morgan fingerprint density at radius 3 is 2.40 bits per heavy atom. The lowest BCUT2D eigenvalue weighted by Gasteiger charge is -2.29. The smallest absolute Gasteiger partial charge is 0.112 e. The molecule has 0 radical (unpaired) electrons. The van der Waals surface area contributed by atoms with Gasteiger partial charge in [0.25, 0.3) is 0 Å². The monoisotopic (exact) mass is 226 g/mol. The van der Waals surface area contributed by atoms with Crippen LogP contribution in [0.25, 0.3) is 0 Å². The Hall–Kier alpha value is -0.410. The maximum absolute atomic E-state index is 4.56. The van der Waals surface area contributed by atoms with E-state index in [-0.39, 0.29) is 5.54 Å². The van der Waals surface area contributed by atoms with Crippen molar-refractivity contribution < 1.29 is 0 Å². The highest BCUT2D eigenvalue weighted by Crippen LogP contribution is 2.24. The highest BCUT2D eigenvalue weighted by Gasteiger charge is 2.25. The zero-order valence-electron chi connectivity index (χ0n) is 10.4. The van der Waals surface area contributed by atoms with Crippen molar-refractivity contribution >= 4 is 11.3 Å². The van der Waals surface area contributed by atoms with Crippen molar-refractivity contribution in [3.05, 3.63) is 16.1 Å². The number of hydrogen-bond acceptors (Lipinski definition) is 3. The first kappa shape index (κ1) is 12.7. The van der Waals surface area contributed by atoms with Gasteiger partial charge in [0.1, 0.15) is 5.01 Å². The van der Waals surface area contributed by atoms with E-state index in [4.69, 9.17) is 0 Å². The molecule has 0 aliphatic rings. The average molecular weight is 226 g/mol. The Balaban J connectivity index is 2.74. The number of nitrogens with zero attached hydrogens (tertiary/aromatic N) is 1. The molecule has 0 saturated heterocycles. The molecule has 0 spiro atoms. The molecule has 0 atom stereocenters. The van der Waals surface area contributed by atoms with Crippen molar-refractivity contribution in [1.29, 1.82) is 0 Å². The highest BCUT2D eigenvalue weighted by atomic mass is 32.1. The van der Waals surface area contributed by atoms with E-state index >= 15 is 0 Å². The molecule has 86 valence electrons. The standard InChI is InChI=1S/C12H22N2S/c1-6-10(7-2)14-12(4,5)11-13-9(3)8-15-11/h8,10,14H,6-7H2,1-5H3. The molecule has 0 amide bonds. The number of rotatable bonds is 5. The predicted molar refractivity (Wildman–Crippen MR) is 67.4 cm³/mol. The molecule has 3 heteroatoms. The van der Waals surface area contributed by atoms with Gasteiger partial charge in [0, 0.05) is 17.1 Å². The number of hydrogen-bond donors (Lipinski definition) is 1. The minimum atomic E-state index is -0.00435. The molecule has 1 N–H and O–H groups in total. The van der Waals surface area contributed by atoms with Crippen molar-refractivity contribution in [1.82, 2.24) is 10.3 Å². The van der Waals surface area contributed by atoms with E-state index in [0.717, 1.165) is 5.69 Å². The molecule has 2 nitrogen and oxygen atoms in total. The fourth-order valence-corrected chi connectivity index (χ4v) is 2.59. The van der Waals surface area contributed by atoms with Crippen LogP contribution in [0.4, 0.5) is 0 Å². The highest BCUT2D eigenvalue weighted by molar-refractivity contribution is 7.09. The zero-order valence-corrected chi connectivity index (χ0v) is 11.2. The lowest BCUT2D eigenvalue weighted by atomic mass is 10.0. The summed E-state index contributed by atoms with van der Waals surface area (Å²) in [5.41, 5.74) is 1.12. The molecular formula is C12H22N2S. The predicted octanol–water partition coefficient (Wildman–Crippen LogP) is 3.46. The van der Waals surface area contributed by atoms with E-state index in [0.29, 0.717) is 6.04 Å². The third-order valence-corrected chi connectivity index (χ3v) is 3.99. The summed E-state index contributed by atoms with van der Waals surface area (Å²) in [6, 6.07) is 0.587. The van der Waals surface area contributed by atoms with Crippen LogP contribution in [-0.2, 0) is 5.54 Å². The molecule has 15 heavy (non-hydrogen) atoms. The van der Waals surface area contributed by atoms with Crippen LogP contribution in [0.3, 0.4) is 0 Å². The third-order valence-electron chi connectivity index (χ3n) is 2.70. The van der Waals surface area contributed by atoms with Gasteiger partial charge in [-0.15, -0.1) is 11.3 Å². The van der Waals surface area contributed by atoms with Crippen molar-refractivity contribution in [2.75, 3.05) is 0 Å². The van der Waals surface area contributed by atoms with Crippen molar-refractivity contribution in [3.8, 4) is 0 Å². The quantitative estimate of drug-likeness (QED) is 0.831. The third kappa shape index (κ3) is 3.28. The molecule has 0 saturated carbocycles. The van der Waals surface area contributed by atoms with Gasteiger partial charge in [0.2, 0.25) is 0 Å². The Morgan fingerprint density at radius 1 is 1.40 bits per heavy atom. The normalized spacial score (nSPS) is 12.4. The summed E-state index contributed by atoms with van der Waals surface area (Å²) in [7, 11) is 0. The van der Waals surface area contributed by atoms with E-state index in [1.807, 2.05) is 6.92 Å². The fraction of sp³-hybridized carbons (Fsp3) is 0.750. The molecule has 0 fully saturated rings. The first-order valence-electron chi connectivity index (χ1n) is 5.70. The van der Waals surface area contributed by atoms with Crippen LogP contribution in [0.15, 0.2) is 5.38 Å². The Bertz CT molecular complexity index is 300. The lowest BCUT2D eigenvalue weighted by molar-refractivity contribution is 0.326. The second kappa shape index (κ2) is 5.08. The van der Waals surface area contributed by atoms with Crippen molar-refractivity contribution in [3.63, 3.8) is 0 Å². The van der Waals surface area contributed by atoms with E-state index in [9.17, 15) is 0 Å². The minimum absolute atomic E-state index is 0.00435. The minimum Gasteiger partial charge on any atom is -0.303 e. The summed E-state index contributed by atoms with van der Waals surface area (Å²) >= 11 is 1.75. The maximum Gasteiger partial charge on any atom is 0.112 e. The molecule has 1 aromatic heterocycles. The van der Waals surface area contributed by atoms with Crippen LogP contribution < -0.4 is 5.32 Å². The molecule has 0 unspecified atom stereocenters. The van der Waals surface area contributed by atoms with Gasteiger partial charge in [-0.3, -0.25) is 0 Å². The maximum atomic E-state index is 4.56. The molecule has 0 aromatic carbocycles. The first-order chi connectivity index (χ1) is 6.99. The van der Waals surface area contributed by atoms with Gasteiger partial charge in [-0.25, -0.2) is 4.98 Å². The van der Waals surface area contributed by atoms with Gasteiger partial charge in [0.15, 0.2) is 0 Å². The van der Waals surface area contributed by atoms with E-state index < -0.39 is 0 Å². The molecule has 1 rings (SSSR count). The summed E-state index contributed by atoms with van der Waals surface area (Å²) < 4.78 is 0. The SMILES string of the molecule is CCC(CC)NC(C)(C)c1nc(C)cs1. The molecule has 0 aliphatic heterocycles. The van der Waals surface area contributed by atoms with Gasteiger partial charge < -0.3 is 5.32 Å². The van der Waals surface area contributed by atoms with Crippen molar-refractivity contribution in [2.45, 2.75) is 59.0 Å². The second-order valence-electron chi connectivity index (χ2n) is 4.58. The van der Waals surface area contributed by atoms with Crippen LogP contribution in [0.5, 0.6) is 0 Å². The molecule has 0 aliphatic carbocycles. The van der Waals surface area contributed by atoms with Crippen LogP contribution in [-0.4, -0.2) is 11.0 Å². The largest absolute Gasteiger partial charge is 0.303 e. The Kier molecular flexibility index (Phi) is 4.29. The topological polar surface area (TPSA) is 24.9 Å². The zero-order chi connectivity index (χ0) is 11.5. The van der Waals surface area contributed by atoms with Gasteiger partial charge in [0.05, 0.1) is 5.54 Å². The second-order valence-corrected chi connectivity index (χ2v) is 5.43. The summed E-state index contributed by atoms with van der Waals surface area (Å²) in [5, 5.41) is 6.97. The average Bonchev–Trinajstić information content (AvgIpc) is 2.62. The fourth-order valence-electron chi connectivity index (χ4n) is 1.71. The number of aryl methyl sites for hydroxylation is 1. The van der Waals surface area contributed by atoms with Crippen molar-refractivity contribution in [2.24, 2.45) is 0 Å². The van der Waals surface area contributed by atoms with Crippen LogP contribution in [0.2, 0.25) is 0 Å². The van der Waals surface area contributed by atoms with Gasteiger partial charge in [-0.05, 0) is 33.6 Å². The van der Waals surface area contributed by atoms with Gasteiger partial charge in [-0.1, -0.05) is 13.8 Å². The lowest BCUT2D eigenvalue weighted by Crippen LogP contribution is -2.43. The summed E-state index contributed by atoms with van der Waals surface area (Å²) in [6.07, 6.45) is 2.34. The van der Waals surface area contributed by atoms with Gasteiger partial charge >= 0.3 is 0 Å². The molecule has 1 aromatic rings. The van der Waals surface area contributed by atoms with Crippen LogP contribution >= 0.6 is 11.3 Å². The summed E-state index contributed by atoms with van der Waals surface area (Å²) in [6.45, 7) is 10.9.